The molecule has 0 bridgehead atoms. The molecule has 1 rings (SSSR count). The maximum Gasteiger partial charge on any atom is 0.319 e. The number of thioether (sulfide) groups is 1. The van der Waals surface area contributed by atoms with Gasteiger partial charge in [0.05, 0.1) is 6.42 Å². The van der Waals surface area contributed by atoms with E-state index < -0.39 is 23.2 Å². The number of amides is 1. The molecule has 0 fully saturated rings. The van der Waals surface area contributed by atoms with E-state index in [2.05, 4.69) is 10.6 Å². The highest BCUT2D eigenvalue weighted by atomic mass is 35.5. The highest BCUT2D eigenvalue weighted by Gasteiger charge is 2.30. The van der Waals surface area contributed by atoms with Crippen molar-refractivity contribution < 1.29 is 19.5 Å². The van der Waals surface area contributed by atoms with Crippen LogP contribution in [0.15, 0.2) is 41.6 Å². The van der Waals surface area contributed by atoms with E-state index in [1.807, 2.05) is 6.07 Å². The number of carboxylic acids is 1. The van der Waals surface area contributed by atoms with Gasteiger partial charge in [-0.05, 0) is 5.56 Å². The van der Waals surface area contributed by atoms with Gasteiger partial charge in [0.1, 0.15) is 17.6 Å². The minimum atomic E-state index is -1.19. The number of nitrogens with one attached hydrogen (secondary N) is 2. The monoisotopic (exact) mass is 370 g/mol. The second-order valence-corrected chi connectivity index (χ2v) is 6.46. The molecule has 6 nitrogen and oxygen atoms in total. The number of aliphatic carboxylic acids is 1. The number of benzene rings is 1. The molecule has 0 saturated heterocycles. The lowest BCUT2D eigenvalue weighted by Gasteiger charge is -2.20. The zero-order chi connectivity index (χ0) is 17.9. The molecule has 0 saturated carbocycles. The van der Waals surface area contributed by atoms with Crippen molar-refractivity contribution in [2.45, 2.75) is 17.7 Å². The summed E-state index contributed by atoms with van der Waals surface area (Å²) >= 11 is 6.87. The largest absolute Gasteiger partial charge is 0.480 e. The molecule has 1 aromatic rings. The van der Waals surface area contributed by atoms with Gasteiger partial charge < -0.3 is 20.5 Å². The summed E-state index contributed by atoms with van der Waals surface area (Å²) in [5.41, 5.74) is 0.777. The van der Waals surface area contributed by atoms with Crippen LogP contribution in [0.2, 0.25) is 0 Å². The van der Waals surface area contributed by atoms with Gasteiger partial charge in [-0.15, -0.1) is 11.8 Å². The molecular weight excluding hydrogens is 352 g/mol. The summed E-state index contributed by atoms with van der Waals surface area (Å²) in [5.74, 6) is -1.40. The smallest absolute Gasteiger partial charge is 0.319 e. The van der Waals surface area contributed by atoms with Gasteiger partial charge in [0, 0.05) is 24.0 Å². The van der Waals surface area contributed by atoms with Crippen LogP contribution in [-0.2, 0) is 20.8 Å². The summed E-state index contributed by atoms with van der Waals surface area (Å²) in [4.78, 5) is 34.7. The van der Waals surface area contributed by atoms with Gasteiger partial charge in [-0.2, -0.15) is 0 Å². The Labute approximate surface area is 149 Å². The molecule has 3 N–H and O–H groups in total. The fourth-order valence-electron chi connectivity index (χ4n) is 1.90. The molecule has 8 heteroatoms. The van der Waals surface area contributed by atoms with Gasteiger partial charge in [-0.1, -0.05) is 41.9 Å². The Balaban J connectivity index is 2.68. The molecular formula is C16H19ClN2O4S. The van der Waals surface area contributed by atoms with Gasteiger partial charge in [-0.3, -0.25) is 9.59 Å². The zero-order valence-electron chi connectivity index (χ0n) is 13.1. The summed E-state index contributed by atoms with van der Waals surface area (Å²) < 4.78 is 0. The number of rotatable bonds is 10. The van der Waals surface area contributed by atoms with E-state index in [9.17, 15) is 19.5 Å². The molecule has 0 aliphatic carbocycles. The van der Waals surface area contributed by atoms with Crippen LogP contribution in [0.1, 0.15) is 5.56 Å². The van der Waals surface area contributed by atoms with Crippen molar-refractivity contribution in [1.82, 2.24) is 10.6 Å². The third kappa shape index (κ3) is 7.06. The van der Waals surface area contributed by atoms with Crippen molar-refractivity contribution in [3.8, 4) is 0 Å². The average Bonchev–Trinajstić information content (AvgIpc) is 2.54. The molecule has 1 aromatic carbocycles. The SMILES string of the molecule is CN/C=C(/Cl)CSC(C(=O)O)C(C=O)NC(=O)Cc1ccccc1. The summed E-state index contributed by atoms with van der Waals surface area (Å²) in [6.07, 6.45) is 2.03. The minimum Gasteiger partial charge on any atom is -0.480 e. The van der Waals surface area contributed by atoms with Crippen LogP contribution >= 0.6 is 23.4 Å². The van der Waals surface area contributed by atoms with Crippen LogP contribution in [-0.4, -0.2) is 47.4 Å². The van der Waals surface area contributed by atoms with Crippen molar-refractivity contribution >= 4 is 41.5 Å². The molecule has 2 unspecified atom stereocenters. The molecule has 24 heavy (non-hydrogen) atoms. The third-order valence-corrected chi connectivity index (χ3v) is 4.69. The van der Waals surface area contributed by atoms with E-state index in [0.29, 0.717) is 11.3 Å². The quantitative estimate of drug-likeness (QED) is 0.539. The Morgan fingerprint density at radius 2 is 2.00 bits per heavy atom. The van der Waals surface area contributed by atoms with Crippen LogP contribution in [0.3, 0.4) is 0 Å². The maximum atomic E-state index is 12.0. The number of hydrogen-bond acceptors (Lipinski definition) is 5. The van der Waals surface area contributed by atoms with Crippen LogP contribution in [0.4, 0.5) is 0 Å². The molecule has 1 amide bonds. The number of aldehydes is 1. The molecule has 0 aliphatic heterocycles. The number of carbonyl (C=O) groups is 3. The molecule has 0 spiro atoms. The van der Waals surface area contributed by atoms with E-state index in [-0.39, 0.29) is 12.2 Å². The van der Waals surface area contributed by atoms with Crippen molar-refractivity contribution in [1.29, 1.82) is 0 Å². The molecule has 130 valence electrons. The Bertz CT molecular complexity index is 595. The summed E-state index contributed by atoms with van der Waals surface area (Å²) in [6.45, 7) is 0. The molecule has 0 heterocycles. The lowest BCUT2D eigenvalue weighted by Crippen LogP contribution is -2.47. The zero-order valence-corrected chi connectivity index (χ0v) is 14.6. The van der Waals surface area contributed by atoms with Crippen LogP contribution in [0.25, 0.3) is 0 Å². The van der Waals surface area contributed by atoms with Gasteiger partial charge in [0.25, 0.3) is 0 Å². The standard InChI is InChI=1S/C16H19ClN2O4S/c1-18-8-12(17)10-24-15(16(22)23)13(9-20)19-14(21)7-11-5-3-2-4-6-11/h2-6,8-9,13,15,18H,7,10H2,1H3,(H,19,21)(H,22,23)/b12-8+. The Hall–Kier alpha value is -1.99. The molecule has 0 aliphatic rings. The summed E-state index contributed by atoms with van der Waals surface area (Å²) in [6, 6.07) is 7.85. The average molecular weight is 371 g/mol. The number of carboxylic acid groups (broad SMARTS) is 1. The lowest BCUT2D eigenvalue weighted by atomic mass is 10.1. The Morgan fingerprint density at radius 1 is 1.33 bits per heavy atom. The van der Waals surface area contributed by atoms with E-state index in [0.717, 1.165) is 17.3 Å². The topological polar surface area (TPSA) is 95.5 Å². The normalized spacial score (nSPS) is 13.7. The van der Waals surface area contributed by atoms with Crippen molar-refractivity contribution in [3.05, 3.63) is 47.1 Å². The van der Waals surface area contributed by atoms with Gasteiger partial charge in [0.2, 0.25) is 5.91 Å². The highest BCUT2D eigenvalue weighted by molar-refractivity contribution is 8.00. The van der Waals surface area contributed by atoms with E-state index >= 15 is 0 Å². The first-order valence-electron chi connectivity index (χ1n) is 7.12. The summed E-state index contributed by atoms with van der Waals surface area (Å²) in [7, 11) is 1.67. The minimum absolute atomic E-state index is 0.0720. The first-order valence-corrected chi connectivity index (χ1v) is 8.55. The Kier molecular flexibility index (Phi) is 8.96. The van der Waals surface area contributed by atoms with Crippen LogP contribution in [0, 0.1) is 0 Å². The van der Waals surface area contributed by atoms with E-state index in [4.69, 9.17) is 11.6 Å². The number of carbonyl (C=O) groups excluding carboxylic acids is 2. The second kappa shape index (κ2) is 10.7. The van der Waals surface area contributed by atoms with E-state index in [1.54, 1.807) is 31.3 Å². The fraction of sp³-hybridized carbons (Fsp3) is 0.312. The summed E-state index contributed by atoms with van der Waals surface area (Å²) in [5, 5.41) is 13.8. The van der Waals surface area contributed by atoms with Crippen molar-refractivity contribution in [2.24, 2.45) is 0 Å². The lowest BCUT2D eigenvalue weighted by molar-refractivity contribution is -0.138. The molecule has 0 aromatic heterocycles. The number of hydrogen-bond donors (Lipinski definition) is 3. The highest BCUT2D eigenvalue weighted by Crippen LogP contribution is 2.20. The van der Waals surface area contributed by atoms with Gasteiger partial charge >= 0.3 is 5.97 Å². The van der Waals surface area contributed by atoms with Crippen LogP contribution < -0.4 is 10.6 Å². The fourth-order valence-corrected chi connectivity index (χ4v) is 3.10. The van der Waals surface area contributed by atoms with Crippen molar-refractivity contribution in [3.63, 3.8) is 0 Å². The van der Waals surface area contributed by atoms with Crippen molar-refractivity contribution in [2.75, 3.05) is 12.8 Å². The first kappa shape index (κ1) is 20.1. The predicted molar refractivity (Wildman–Crippen MR) is 95.0 cm³/mol. The third-order valence-electron chi connectivity index (χ3n) is 2.95. The first-order chi connectivity index (χ1) is 11.5. The predicted octanol–water partition coefficient (Wildman–Crippen LogP) is 1.40. The van der Waals surface area contributed by atoms with Crippen LogP contribution in [0.5, 0.6) is 0 Å². The molecule has 2 atom stereocenters. The van der Waals surface area contributed by atoms with E-state index in [1.165, 1.54) is 6.20 Å². The Morgan fingerprint density at radius 3 is 2.54 bits per heavy atom. The van der Waals surface area contributed by atoms with Gasteiger partial charge in [-0.25, -0.2) is 0 Å². The maximum absolute atomic E-state index is 12.0. The second-order valence-electron chi connectivity index (χ2n) is 4.84. The van der Waals surface area contributed by atoms with Gasteiger partial charge in [0.15, 0.2) is 0 Å². The molecule has 0 radical (unpaired) electrons. The number of halogens is 1.